The summed E-state index contributed by atoms with van der Waals surface area (Å²) in [7, 11) is -4.07. The molecule has 0 saturated carbocycles. The number of carbonyl (C=O) groups excluding carboxylic acids is 3. The minimum atomic E-state index is -3.69. The van der Waals surface area contributed by atoms with Gasteiger partial charge in [-0.2, -0.15) is 4.37 Å². The smallest absolute Gasteiger partial charge is 0.465 e. The van der Waals surface area contributed by atoms with Gasteiger partial charge >= 0.3 is 18.1 Å². The fourth-order valence-electron chi connectivity index (χ4n) is 1.80. The van der Waals surface area contributed by atoms with Gasteiger partial charge in [0.05, 0.1) is 21.3 Å². The van der Waals surface area contributed by atoms with Gasteiger partial charge in [0, 0.05) is 12.5 Å². The van der Waals surface area contributed by atoms with Crippen LogP contribution < -0.4 is 10.3 Å². The lowest BCUT2D eigenvalue weighted by Gasteiger charge is -2.02. The van der Waals surface area contributed by atoms with Crippen molar-refractivity contribution in [2.45, 2.75) is 8.42 Å². The molecule has 0 aromatic carbocycles. The number of aromatic nitrogens is 2. The van der Waals surface area contributed by atoms with Gasteiger partial charge < -0.3 is 18.9 Å². The van der Waals surface area contributed by atoms with Crippen molar-refractivity contribution < 1.29 is 50.2 Å². The van der Waals surface area contributed by atoms with Crippen LogP contribution in [0.2, 0.25) is 0 Å². The Labute approximate surface area is 189 Å². The van der Waals surface area contributed by atoms with Crippen LogP contribution in [-0.4, -0.2) is 77.5 Å². The number of rotatable bonds is 5. The van der Waals surface area contributed by atoms with E-state index < -0.39 is 60.3 Å². The molecule has 0 aliphatic heterocycles. The second-order valence-corrected chi connectivity index (χ2v) is 11.4. The van der Waals surface area contributed by atoms with Crippen LogP contribution in [-0.2, 0) is 33.9 Å². The molecular weight excluding hydrogens is 516 g/mol. The maximum Gasteiger partial charge on any atom is 0.514 e. The zero-order valence-electron chi connectivity index (χ0n) is 17.0. The lowest BCUT2D eigenvalue weighted by molar-refractivity contribution is 0.0584. The molecule has 0 spiro atoms. The molecule has 14 nitrogen and oxygen atoms in total. The van der Waals surface area contributed by atoms with Crippen LogP contribution in [0.5, 0.6) is 5.88 Å². The summed E-state index contributed by atoms with van der Waals surface area (Å²) in [6, 6.07) is 0. The molecule has 1 N–H and O–H groups in total. The van der Waals surface area contributed by atoms with Gasteiger partial charge in [-0.25, -0.2) is 31.2 Å². The Morgan fingerprint density at radius 2 is 1.34 bits per heavy atom. The number of H-pyrrole nitrogens is 1. The minimum absolute atomic E-state index is 0.297. The third kappa shape index (κ3) is 6.58. The van der Waals surface area contributed by atoms with E-state index in [0.717, 1.165) is 33.8 Å². The lowest BCUT2D eigenvalue weighted by atomic mass is 10.3. The number of nitrogens with zero attached hydrogens (tertiary/aromatic N) is 1. The van der Waals surface area contributed by atoms with Gasteiger partial charge in [0.2, 0.25) is 0 Å². The molecule has 0 fully saturated rings. The van der Waals surface area contributed by atoms with Gasteiger partial charge in [0.15, 0.2) is 39.2 Å². The number of hydrogen-bond acceptors (Lipinski definition) is 15. The minimum Gasteiger partial charge on any atom is -0.465 e. The molecule has 32 heavy (non-hydrogen) atoms. The Hall–Kier alpha value is -2.83. The van der Waals surface area contributed by atoms with Crippen molar-refractivity contribution in [3.05, 3.63) is 21.5 Å². The summed E-state index contributed by atoms with van der Waals surface area (Å²) in [5.74, 6) is -2.38. The number of nitrogens with one attached hydrogen (secondary N) is 1. The number of methoxy groups -OCH3 is 3. The third-order valence-electron chi connectivity index (χ3n) is 3.10. The van der Waals surface area contributed by atoms with Gasteiger partial charge in [0.1, 0.15) is 0 Å². The van der Waals surface area contributed by atoms with E-state index >= 15 is 0 Å². The standard InChI is InChI=1S/C8H9NO7S2.C6H7NO5S2/c1-14-6(10)4-5(16-8(11)15-2)9-17-7(4)18(3,12)13;1-12-5(9)3-4(8)7-13-6(3)14(2,10)11/h1-3H3;1-2H3,(H,7,8). The van der Waals surface area contributed by atoms with Crippen molar-refractivity contribution in [3.63, 3.8) is 0 Å². The summed E-state index contributed by atoms with van der Waals surface area (Å²) < 4.78 is 67.7. The fraction of sp³-hybridized carbons (Fsp3) is 0.357. The highest BCUT2D eigenvalue weighted by Gasteiger charge is 2.30. The highest BCUT2D eigenvalue weighted by Crippen LogP contribution is 2.30. The van der Waals surface area contributed by atoms with E-state index in [1.165, 1.54) is 0 Å². The summed E-state index contributed by atoms with van der Waals surface area (Å²) >= 11 is 1.11. The topological polar surface area (TPSA) is 202 Å². The zero-order valence-corrected chi connectivity index (χ0v) is 20.2. The van der Waals surface area contributed by atoms with Crippen molar-refractivity contribution in [2.24, 2.45) is 0 Å². The molecule has 0 saturated heterocycles. The van der Waals surface area contributed by atoms with E-state index in [-0.39, 0.29) is 8.42 Å². The van der Waals surface area contributed by atoms with Crippen LogP contribution in [0.1, 0.15) is 20.7 Å². The zero-order chi connectivity index (χ0) is 24.9. The summed E-state index contributed by atoms with van der Waals surface area (Å²) in [5.41, 5.74) is -1.63. The summed E-state index contributed by atoms with van der Waals surface area (Å²) in [4.78, 5) is 44.5. The molecule has 2 aromatic heterocycles. The first-order chi connectivity index (χ1) is 14.7. The van der Waals surface area contributed by atoms with Crippen LogP contribution >= 0.6 is 23.1 Å². The summed E-state index contributed by atoms with van der Waals surface area (Å²) in [6.45, 7) is 0. The molecule has 0 aliphatic carbocycles. The number of esters is 2. The second-order valence-electron chi connectivity index (χ2n) is 5.43. The lowest BCUT2D eigenvalue weighted by Crippen LogP contribution is -2.16. The predicted molar refractivity (Wildman–Crippen MR) is 109 cm³/mol. The molecular formula is C14H16N2O12S4. The van der Waals surface area contributed by atoms with Crippen molar-refractivity contribution in [1.29, 1.82) is 0 Å². The molecule has 0 unspecified atom stereocenters. The van der Waals surface area contributed by atoms with Crippen LogP contribution in [0, 0.1) is 0 Å². The van der Waals surface area contributed by atoms with Crippen LogP contribution in [0.4, 0.5) is 4.79 Å². The van der Waals surface area contributed by atoms with Crippen LogP contribution in [0.3, 0.4) is 0 Å². The Balaban J connectivity index is 0.000000330. The predicted octanol–water partition coefficient (Wildman–Crippen LogP) is 0.105. The fourth-order valence-corrected chi connectivity index (χ4v) is 5.40. The van der Waals surface area contributed by atoms with Crippen molar-refractivity contribution in [1.82, 2.24) is 8.75 Å². The summed E-state index contributed by atoms with van der Waals surface area (Å²) in [6.07, 6.45) is 0.693. The quantitative estimate of drug-likeness (QED) is 0.401. The van der Waals surface area contributed by atoms with E-state index in [0.29, 0.717) is 23.1 Å². The number of aromatic amines is 1. The second kappa shape index (κ2) is 10.7. The molecule has 0 atom stereocenters. The Bertz CT molecular complexity index is 1280. The largest absolute Gasteiger partial charge is 0.514 e. The SMILES string of the molecule is COC(=O)Oc1nsc(S(C)(=O)=O)c1C(=O)OC.COC(=O)c1c(S(C)(=O)=O)s[nH]c1=O. The molecule has 0 radical (unpaired) electrons. The van der Waals surface area contributed by atoms with E-state index in [4.69, 9.17) is 0 Å². The monoisotopic (exact) mass is 532 g/mol. The first-order valence-electron chi connectivity index (χ1n) is 7.72. The van der Waals surface area contributed by atoms with Crippen molar-refractivity contribution in [2.75, 3.05) is 33.8 Å². The van der Waals surface area contributed by atoms with E-state index in [9.17, 15) is 36.0 Å². The molecule has 2 heterocycles. The average Bonchev–Trinajstić information content (AvgIpc) is 3.30. The van der Waals surface area contributed by atoms with Crippen LogP contribution in [0.25, 0.3) is 0 Å². The maximum atomic E-state index is 11.5. The number of ether oxygens (including phenoxy) is 4. The molecule has 0 amide bonds. The number of carbonyl (C=O) groups is 3. The first-order valence-corrected chi connectivity index (χ1v) is 13.1. The van der Waals surface area contributed by atoms with Gasteiger partial charge in [-0.3, -0.25) is 9.17 Å². The van der Waals surface area contributed by atoms with Crippen LogP contribution in [0.15, 0.2) is 13.2 Å². The van der Waals surface area contributed by atoms with Gasteiger partial charge in [-0.15, -0.1) is 0 Å². The molecule has 2 aromatic rings. The number of sulfone groups is 2. The van der Waals surface area contributed by atoms with Gasteiger partial charge in [0.25, 0.3) is 11.4 Å². The molecule has 18 heteroatoms. The average molecular weight is 533 g/mol. The van der Waals surface area contributed by atoms with Gasteiger partial charge in [-0.1, -0.05) is 0 Å². The Morgan fingerprint density at radius 3 is 1.78 bits per heavy atom. The summed E-state index contributed by atoms with van der Waals surface area (Å²) in [5, 5.41) is 0. The molecule has 2 rings (SSSR count). The number of hydrogen-bond donors (Lipinski definition) is 1. The molecule has 0 aliphatic rings. The van der Waals surface area contributed by atoms with E-state index in [1.54, 1.807) is 0 Å². The van der Waals surface area contributed by atoms with E-state index in [2.05, 4.69) is 27.7 Å². The van der Waals surface area contributed by atoms with Crippen molar-refractivity contribution >= 4 is 60.8 Å². The van der Waals surface area contributed by atoms with Crippen molar-refractivity contribution in [3.8, 4) is 5.88 Å². The third-order valence-corrected chi connectivity index (χ3v) is 8.45. The Kier molecular flexibility index (Phi) is 9.06. The highest BCUT2D eigenvalue weighted by atomic mass is 32.2. The maximum absolute atomic E-state index is 11.5. The van der Waals surface area contributed by atoms with Gasteiger partial charge in [-0.05, 0) is 23.1 Å². The van der Waals surface area contributed by atoms with E-state index in [1.807, 2.05) is 0 Å². The highest BCUT2D eigenvalue weighted by molar-refractivity contribution is 7.93. The molecule has 0 bridgehead atoms. The normalized spacial score (nSPS) is 11.0. The molecule has 178 valence electrons. The first kappa shape index (κ1) is 27.2. The Morgan fingerprint density at radius 1 is 0.844 bits per heavy atom.